The number of amides is 1. The molecule has 0 radical (unpaired) electrons. The molecule has 1 aliphatic rings. The molecule has 0 fully saturated rings. The van der Waals surface area contributed by atoms with Gasteiger partial charge in [0.1, 0.15) is 11.9 Å². The van der Waals surface area contributed by atoms with E-state index in [4.69, 9.17) is 4.74 Å². The average Bonchev–Trinajstić information content (AvgIpc) is 3.02. The molecule has 0 saturated heterocycles. The van der Waals surface area contributed by atoms with Crippen molar-refractivity contribution in [3.63, 3.8) is 0 Å². The van der Waals surface area contributed by atoms with E-state index in [2.05, 4.69) is 10.0 Å². The van der Waals surface area contributed by atoms with Crippen molar-refractivity contribution >= 4 is 15.9 Å². The summed E-state index contributed by atoms with van der Waals surface area (Å²) in [7, 11) is -2.16. The second-order valence-corrected chi connectivity index (χ2v) is 7.38. The Balaban J connectivity index is 1.58. The summed E-state index contributed by atoms with van der Waals surface area (Å²) in [5, 5.41) is 2.82. The van der Waals surface area contributed by atoms with Gasteiger partial charge < -0.3 is 10.1 Å². The first-order valence-electron chi connectivity index (χ1n) is 7.56. The van der Waals surface area contributed by atoms with Crippen LogP contribution in [0.15, 0.2) is 53.4 Å². The maximum Gasteiger partial charge on any atom is 0.251 e. The molecule has 0 bridgehead atoms. The summed E-state index contributed by atoms with van der Waals surface area (Å²) in [6, 6.07) is 13.6. The summed E-state index contributed by atoms with van der Waals surface area (Å²) in [5.74, 6) is 0.598. The molecule has 7 heteroatoms. The van der Waals surface area contributed by atoms with Gasteiger partial charge in [-0.1, -0.05) is 18.2 Å². The zero-order chi connectivity index (χ0) is 17.2. The van der Waals surface area contributed by atoms with E-state index in [-0.39, 0.29) is 16.9 Å². The Morgan fingerprint density at radius 2 is 1.88 bits per heavy atom. The van der Waals surface area contributed by atoms with Crippen LogP contribution in [0.4, 0.5) is 0 Å². The molecule has 2 aromatic carbocycles. The number of sulfonamides is 1. The lowest BCUT2D eigenvalue weighted by molar-refractivity contribution is 0.0933. The van der Waals surface area contributed by atoms with Gasteiger partial charge in [-0.15, -0.1) is 0 Å². The third kappa shape index (κ3) is 3.42. The summed E-state index contributed by atoms with van der Waals surface area (Å²) in [5.41, 5.74) is 1.54. The SMILES string of the molecule is CNS(=O)(=O)c1ccc(C(=O)NCC2Cc3ccccc3O2)cc1. The molecule has 0 aromatic heterocycles. The van der Waals surface area contributed by atoms with Gasteiger partial charge in [0, 0.05) is 12.0 Å². The number of carbonyl (C=O) groups is 1. The van der Waals surface area contributed by atoms with Crippen LogP contribution in [-0.2, 0) is 16.4 Å². The number of hydrogen-bond donors (Lipinski definition) is 2. The molecule has 1 heterocycles. The molecule has 1 unspecified atom stereocenters. The Morgan fingerprint density at radius 1 is 1.17 bits per heavy atom. The summed E-state index contributed by atoms with van der Waals surface area (Å²) < 4.78 is 31.3. The molecule has 0 saturated carbocycles. The number of nitrogens with one attached hydrogen (secondary N) is 2. The van der Waals surface area contributed by atoms with E-state index in [0.29, 0.717) is 12.1 Å². The normalized spacial score (nSPS) is 16.3. The number of carbonyl (C=O) groups excluding carboxylic acids is 1. The van der Waals surface area contributed by atoms with Gasteiger partial charge in [-0.25, -0.2) is 13.1 Å². The number of hydrogen-bond acceptors (Lipinski definition) is 4. The molecule has 1 aliphatic heterocycles. The number of benzene rings is 2. The smallest absolute Gasteiger partial charge is 0.251 e. The van der Waals surface area contributed by atoms with E-state index in [1.807, 2.05) is 24.3 Å². The second kappa shape index (κ2) is 6.62. The predicted octanol–water partition coefficient (Wildman–Crippen LogP) is 1.33. The first-order chi connectivity index (χ1) is 11.5. The highest BCUT2D eigenvalue weighted by molar-refractivity contribution is 7.89. The van der Waals surface area contributed by atoms with Crippen molar-refractivity contribution in [2.24, 2.45) is 0 Å². The highest BCUT2D eigenvalue weighted by atomic mass is 32.2. The third-order valence-electron chi connectivity index (χ3n) is 3.90. The average molecular weight is 346 g/mol. The summed E-state index contributed by atoms with van der Waals surface area (Å²) >= 11 is 0. The van der Waals surface area contributed by atoms with Crippen LogP contribution in [0.25, 0.3) is 0 Å². The number of para-hydroxylation sites is 1. The molecule has 126 valence electrons. The Bertz CT molecular complexity index is 822. The molecule has 2 aromatic rings. The second-order valence-electron chi connectivity index (χ2n) is 5.49. The molecule has 3 rings (SSSR count). The first-order valence-corrected chi connectivity index (χ1v) is 9.04. The molecular weight excluding hydrogens is 328 g/mol. The Kier molecular flexibility index (Phi) is 4.55. The van der Waals surface area contributed by atoms with Gasteiger partial charge >= 0.3 is 0 Å². The minimum absolute atomic E-state index is 0.0877. The largest absolute Gasteiger partial charge is 0.488 e. The van der Waals surface area contributed by atoms with Crippen molar-refractivity contribution in [1.29, 1.82) is 0 Å². The molecule has 0 aliphatic carbocycles. The Labute approximate surface area is 140 Å². The minimum atomic E-state index is -3.50. The van der Waals surface area contributed by atoms with Crippen LogP contribution in [-0.4, -0.2) is 34.0 Å². The van der Waals surface area contributed by atoms with Crippen molar-refractivity contribution in [3.05, 3.63) is 59.7 Å². The fourth-order valence-corrected chi connectivity index (χ4v) is 3.31. The lowest BCUT2D eigenvalue weighted by Crippen LogP contribution is -2.34. The standard InChI is InChI=1S/C17H18N2O4S/c1-18-24(21,22)15-8-6-12(7-9-15)17(20)19-11-14-10-13-4-2-3-5-16(13)23-14/h2-9,14,18H,10-11H2,1H3,(H,19,20). The zero-order valence-electron chi connectivity index (χ0n) is 13.2. The molecule has 0 spiro atoms. The van der Waals surface area contributed by atoms with Gasteiger partial charge in [-0.3, -0.25) is 4.79 Å². The highest BCUT2D eigenvalue weighted by Gasteiger charge is 2.22. The fourth-order valence-electron chi connectivity index (χ4n) is 2.58. The van der Waals surface area contributed by atoms with Crippen molar-refractivity contribution in [3.8, 4) is 5.75 Å². The van der Waals surface area contributed by atoms with Crippen molar-refractivity contribution in [2.75, 3.05) is 13.6 Å². The summed E-state index contributed by atoms with van der Waals surface area (Å²) in [6.07, 6.45) is 0.672. The molecule has 24 heavy (non-hydrogen) atoms. The molecule has 1 atom stereocenters. The van der Waals surface area contributed by atoms with E-state index in [1.54, 1.807) is 0 Å². The van der Waals surface area contributed by atoms with Crippen molar-refractivity contribution in [2.45, 2.75) is 17.4 Å². The van der Waals surface area contributed by atoms with Crippen LogP contribution in [0, 0.1) is 0 Å². The van der Waals surface area contributed by atoms with Crippen LogP contribution in [0.5, 0.6) is 5.75 Å². The maximum absolute atomic E-state index is 12.2. The highest BCUT2D eigenvalue weighted by Crippen LogP contribution is 2.27. The molecular formula is C17H18N2O4S. The Hall–Kier alpha value is -2.38. The van der Waals surface area contributed by atoms with E-state index in [0.717, 1.165) is 17.7 Å². The van der Waals surface area contributed by atoms with E-state index >= 15 is 0 Å². The first kappa shape index (κ1) is 16.5. The van der Waals surface area contributed by atoms with Gasteiger partial charge in [0.05, 0.1) is 11.4 Å². The lowest BCUT2D eigenvalue weighted by Gasteiger charge is -2.12. The summed E-state index contributed by atoms with van der Waals surface area (Å²) in [4.78, 5) is 12.3. The van der Waals surface area contributed by atoms with Gasteiger partial charge in [0.25, 0.3) is 5.91 Å². The zero-order valence-corrected chi connectivity index (χ0v) is 14.0. The number of rotatable bonds is 5. The van der Waals surface area contributed by atoms with Gasteiger partial charge in [-0.2, -0.15) is 0 Å². The molecule has 2 N–H and O–H groups in total. The number of fused-ring (bicyclic) bond motifs is 1. The van der Waals surface area contributed by atoms with E-state index in [1.165, 1.54) is 31.3 Å². The Morgan fingerprint density at radius 3 is 2.54 bits per heavy atom. The van der Waals surface area contributed by atoms with Crippen LogP contribution >= 0.6 is 0 Å². The van der Waals surface area contributed by atoms with Crippen LogP contribution in [0.2, 0.25) is 0 Å². The maximum atomic E-state index is 12.2. The molecule has 1 amide bonds. The van der Waals surface area contributed by atoms with Crippen LogP contribution in [0.1, 0.15) is 15.9 Å². The van der Waals surface area contributed by atoms with Gasteiger partial charge in [0.2, 0.25) is 10.0 Å². The topological polar surface area (TPSA) is 84.5 Å². The fraction of sp³-hybridized carbons (Fsp3) is 0.235. The molecule has 6 nitrogen and oxygen atoms in total. The van der Waals surface area contributed by atoms with Crippen molar-refractivity contribution < 1.29 is 17.9 Å². The van der Waals surface area contributed by atoms with Gasteiger partial charge in [0.15, 0.2) is 0 Å². The lowest BCUT2D eigenvalue weighted by atomic mass is 10.1. The minimum Gasteiger partial charge on any atom is -0.488 e. The monoisotopic (exact) mass is 346 g/mol. The van der Waals surface area contributed by atoms with Gasteiger partial charge in [-0.05, 0) is 42.9 Å². The quantitative estimate of drug-likeness (QED) is 0.855. The third-order valence-corrected chi connectivity index (χ3v) is 5.33. The van der Waals surface area contributed by atoms with Crippen LogP contribution < -0.4 is 14.8 Å². The predicted molar refractivity (Wildman–Crippen MR) is 89.6 cm³/mol. The van der Waals surface area contributed by atoms with E-state index in [9.17, 15) is 13.2 Å². The summed E-state index contributed by atoms with van der Waals surface area (Å²) in [6.45, 7) is 0.393. The van der Waals surface area contributed by atoms with Crippen molar-refractivity contribution in [1.82, 2.24) is 10.0 Å². The van der Waals surface area contributed by atoms with Crippen LogP contribution in [0.3, 0.4) is 0 Å². The number of ether oxygens (including phenoxy) is 1. The van der Waals surface area contributed by atoms with E-state index < -0.39 is 10.0 Å².